The first kappa shape index (κ1) is 24.7. The van der Waals surface area contributed by atoms with E-state index in [9.17, 15) is 4.79 Å². The molecule has 10 heteroatoms. The van der Waals surface area contributed by atoms with Crippen LogP contribution in [0.2, 0.25) is 0 Å². The summed E-state index contributed by atoms with van der Waals surface area (Å²) in [5.74, 6) is 2.74. The van der Waals surface area contributed by atoms with E-state index in [2.05, 4.69) is 43.8 Å². The Labute approximate surface area is 243 Å². The van der Waals surface area contributed by atoms with E-state index < -0.39 is 0 Å². The van der Waals surface area contributed by atoms with Crippen molar-refractivity contribution in [1.82, 2.24) is 24.1 Å². The summed E-state index contributed by atoms with van der Waals surface area (Å²) in [6.07, 6.45) is 0.833. The van der Waals surface area contributed by atoms with Gasteiger partial charge in [0, 0.05) is 30.3 Å². The van der Waals surface area contributed by atoms with Crippen molar-refractivity contribution < 1.29 is 9.47 Å². The number of nitrogens with zero attached hydrogens (tertiary/aromatic N) is 5. The molecule has 204 valence electrons. The summed E-state index contributed by atoms with van der Waals surface area (Å²) in [5.41, 5.74) is 4.31. The lowest BCUT2D eigenvalue weighted by Crippen LogP contribution is -2.30. The van der Waals surface area contributed by atoms with Gasteiger partial charge in [-0.1, -0.05) is 66.4 Å². The van der Waals surface area contributed by atoms with Crippen molar-refractivity contribution in [1.29, 1.82) is 0 Å². The quantitative estimate of drug-likeness (QED) is 0.235. The second kappa shape index (κ2) is 10.1. The normalized spacial score (nSPS) is 14.6. The average Bonchev–Trinajstić information content (AvgIpc) is 3.74. The molecule has 2 aliphatic heterocycles. The molecule has 0 aliphatic carbocycles. The molecule has 0 bridgehead atoms. The molecule has 0 N–H and O–H groups in total. The highest BCUT2D eigenvalue weighted by Gasteiger charge is 2.28. The first-order valence-electron chi connectivity index (χ1n) is 13.5. The summed E-state index contributed by atoms with van der Waals surface area (Å²) in [6.45, 7) is 2.87. The van der Waals surface area contributed by atoms with Gasteiger partial charge in [0.15, 0.2) is 16.7 Å². The molecule has 0 saturated heterocycles. The van der Waals surface area contributed by atoms with Gasteiger partial charge in [-0.3, -0.25) is 9.69 Å². The van der Waals surface area contributed by atoms with Crippen LogP contribution in [-0.4, -0.2) is 37.4 Å². The minimum atomic E-state index is -0.0348. The molecule has 0 spiro atoms. The second-order valence-corrected chi connectivity index (χ2v) is 12.2. The van der Waals surface area contributed by atoms with Crippen LogP contribution < -0.4 is 15.0 Å². The largest absolute Gasteiger partial charge is 0.454 e. The van der Waals surface area contributed by atoms with Crippen LogP contribution in [0.1, 0.15) is 21.6 Å². The first-order chi connectivity index (χ1) is 20.2. The van der Waals surface area contributed by atoms with Gasteiger partial charge in [0.2, 0.25) is 12.6 Å². The van der Waals surface area contributed by atoms with Crippen LogP contribution in [0.4, 0.5) is 0 Å². The van der Waals surface area contributed by atoms with Gasteiger partial charge in [0.1, 0.15) is 4.83 Å². The van der Waals surface area contributed by atoms with E-state index in [1.165, 1.54) is 10.4 Å². The van der Waals surface area contributed by atoms with Gasteiger partial charge in [-0.2, -0.15) is 0 Å². The van der Waals surface area contributed by atoms with Crippen molar-refractivity contribution in [3.8, 4) is 17.2 Å². The monoisotopic (exact) mass is 579 g/mol. The standard InChI is InChI=1S/C31H25N5O3S2/c37-28-27-23-13-14-34(16-20-7-3-1-4-8-20)17-26(23)41-29(27)36-30(35(28)22-9-5-2-6-10-22)32-33-31(36)40-18-21-11-12-24-25(15-21)39-19-38-24/h1-12,15H,13-14,16-19H2. The third kappa shape index (κ3) is 4.30. The van der Waals surface area contributed by atoms with Gasteiger partial charge in [-0.15, -0.1) is 21.5 Å². The van der Waals surface area contributed by atoms with Crippen LogP contribution in [-0.2, 0) is 25.3 Å². The Balaban J connectivity index is 1.23. The maximum absolute atomic E-state index is 14.2. The Bertz CT molecular complexity index is 1970. The smallest absolute Gasteiger partial charge is 0.268 e. The summed E-state index contributed by atoms with van der Waals surface area (Å²) >= 11 is 3.30. The Morgan fingerprint density at radius 2 is 1.71 bits per heavy atom. The van der Waals surface area contributed by atoms with E-state index in [-0.39, 0.29) is 12.4 Å². The molecule has 3 aromatic carbocycles. The molecule has 2 aliphatic rings. The number of para-hydroxylation sites is 1. The summed E-state index contributed by atoms with van der Waals surface area (Å²) in [7, 11) is 0. The van der Waals surface area contributed by atoms with E-state index in [1.54, 1.807) is 27.7 Å². The third-order valence-electron chi connectivity index (χ3n) is 7.62. The SMILES string of the molecule is O=c1c2c3c(sc2n2c(SCc4ccc5c(c4)OCO5)nnc2n1-c1ccccc1)CN(Cc1ccccc1)CC3. The van der Waals surface area contributed by atoms with E-state index in [0.29, 0.717) is 11.5 Å². The fourth-order valence-electron chi connectivity index (χ4n) is 5.67. The van der Waals surface area contributed by atoms with Gasteiger partial charge in [0.25, 0.3) is 5.56 Å². The number of rotatable bonds is 6. The number of hydrogen-bond acceptors (Lipinski definition) is 8. The number of benzene rings is 3. The first-order valence-corrected chi connectivity index (χ1v) is 15.3. The number of aromatic nitrogens is 4. The fourth-order valence-corrected chi connectivity index (χ4v) is 7.98. The van der Waals surface area contributed by atoms with Crippen molar-refractivity contribution in [3.05, 3.63) is 111 Å². The number of ether oxygens (including phenoxy) is 2. The lowest BCUT2D eigenvalue weighted by molar-refractivity contribution is 0.174. The number of thiophene rings is 1. The van der Waals surface area contributed by atoms with E-state index in [4.69, 9.17) is 9.47 Å². The summed E-state index contributed by atoms with van der Waals surface area (Å²) in [6, 6.07) is 26.3. The van der Waals surface area contributed by atoms with Crippen LogP contribution in [0.3, 0.4) is 0 Å². The number of fused-ring (bicyclic) bond motifs is 6. The van der Waals surface area contributed by atoms with Gasteiger partial charge < -0.3 is 9.47 Å². The molecule has 8 nitrogen and oxygen atoms in total. The van der Waals surface area contributed by atoms with Crippen molar-refractivity contribution in [2.75, 3.05) is 13.3 Å². The van der Waals surface area contributed by atoms with E-state index in [0.717, 1.165) is 69.7 Å². The fraction of sp³-hybridized carbons (Fsp3) is 0.194. The minimum Gasteiger partial charge on any atom is -0.454 e. The summed E-state index contributed by atoms with van der Waals surface area (Å²) < 4.78 is 14.8. The Hall–Kier alpha value is -4.12. The third-order valence-corrected chi connectivity index (χ3v) is 9.82. The van der Waals surface area contributed by atoms with E-state index in [1.807, 2.05) is 54.6 Å². The Morgan fingerprint density at radius 3 is 2.56 bits per heavy atom. The van der Waals surface area contributed by atoms with Crippen LogP contribution >= 0.6 is 23.1 Å². The Morgan fingerprint density at radius 1 is 0.902 bits per heavy atom. The van der Waals surface area contributed by atoms with Crippen molar-refractivity contribution in [2.45, 2.75) is 30.4 Å². The highest BCUT2D eigenvalue weighted by molar-refractivity contribution is 7.98. The highest BCUT2D eigenvalue weighted by Crippen LogP contribution is 2.38. The van der Waals surface area contributed by atoms with Crippen LogP contribution in [0.15, 0.2) is 88.8 Å². The topological polar surface area (TPSA) is 73.9 Å². The van der Waals surface area contributed by atoms with Crippen LogP contribution in [0.25, 0.3) is 21.7 Å². The summed E-state index contributed by atoms with van der Waals surface area (Å²) in [4.78, 5) is 18.8. The predicted octanol–water partition coefficient (Wildman–Crippen LogP) is 5.67. The highest BCUT2D eigenvalue weighted by atomic mass is 32.2. The van der Waals surface area contributed by atoms with E-state index >= 15 is 0 Å². The zero-order chi connectivity index (χ0) is 27.3. The molecule has 0 fully saturated rings. The lowest BCUT2D eigenvalue weighted by atomic mass is 10.0. The maximum Gasteiger partial charge on any atom is 0.268 e. The zero-order valence-electron chi connectivity index (χ0n) is 22.0. The summed E-state index contributed by atoms with van der Waals surface area (Å²) in [5, 5.41) is 10.7. The van der Waals surface area contributed by atoms with Gasteiger partial charge in [0.05, 0.1) is 11.1 Å². The van der Waals surface area contributed by atoms with Gasteiger partial charge >= 0.3 is 0 Å². The van der Waals surface area contributed by atoms with Crippen LogP contribution in [0.5, 0.6) is 11.5 Å². The average molecular weight is 580 g/mol. The number of thioether (sulfide) groups is 1. The Kier molecular flexibility index (Phi) is 6.05. The molecule has 0 atom stereocenters. The molecule has 0 amide bonds. The molecular formula is C31H25N5O3S2. The second-order valence-electron chi connectivity index (χ2n) is 10.2. The molecule has 6 aromatic rings. The lowest BCUT2D eigenvalue weighted by Gasteiger charge is -2.26. The van der Waals surface area contributed by atoms with Crippen LogP contribution in [0, 0.1) is 0 Å². The van der Waals surface area contributed by atoms with Crippen molar-refractivity contribution in [3.63, 3.8) is 0 Å². The molecule has 41 heavy (non-hydrogen) atoms. The molecule has 0 radical (unpaired) electrons. The predicted molar refractivity (Wildman–Crippen MR) is 160 cm³/mol. The maximum atomic E-state index is 14.2. The van der Waals surface area contributed by atoms with Crippen molar-refractivity contribution >= 4 is 39.1 Å². The van der Waals surface area contributed by atoms with Gasteiger partial charge in [-0.05, 0) is 47.4 Å². The molecule has 3 aromatic heterocycles. The molecule has 5 heterocycles. The molecule has 0 unspecified atom stereocenters. The molecule has 8 rings (SSSR count). The molecular weight excluding hydrogens is 555 g/mol. The minimum absolute atomic E-state index is 0.0348. The number of hydrogen-bond donors (Lipinski definition) is 0. The van der Waals surface area contributed by atoms with Gasteiger partial charge in [-0.25, -0.2) is 8.97 Å². The van der Waals surface area contributed by atoms with Crippen molar-refractivity contribution in [2.24, 2.45) is 0 Å². The molecule has 0 saturated carbocycles. The zero-order valence-corrected chi connectivity index (χ0v) is 23.7.